The third kappa shape index (κ3) is 4.72. The van der Waals surface area contributed by atoms with Crippen LogP contribution in [0.25, 0.3) is 0 Å². The number of piperidine rings is 1. The molecule has 33 heavy (non-hydrogen) atoms. The minimum absolute atomic E-state index is 0.242. The van der Waals surface area contributed by atoms with Crippen molar-refractivity contribution < 1.29 is 9.59 Å². The average molecular weight is 449 g/mol. The third-order valence-electron chi connectivity index (χ3n) is 6.93. The van der Waals surface area contributed by atoms with Gasteiger partial charge in [-0.15, -0.1) is 0 Å². The molecule has 3 aliphatic heterocycles. The van der Waals surface area contributed by atoms with Gasteiger partial charge in [0.25, 0.3) is 5.91 Å². The van der Waals surface area contributed by atoms with Crippen molar-refractivity contribution in [3.05, 3.63) is 48.2 Å². The van der Waals surface area contributed by atoms with E-state index in [1.807, 2.05) is 6.07 Å². The number of anilines is 3. The fraction of sp³-hybridized carbons (Fsp3) is 0.480. The highest BCUT2D eigenvalue weighted by atomic mass is 16.2. The molecule has 1 atom stereocenters. The van der Waals surface area contributed by atoms with Gasteiger partial charge in [-0.05, 0) is 69.6 Å². The smallest absolute Gasteiger partial charge is 0.327 e. The number of likely N-dealkylation sites (tertiary alicyclic amines) is 2. The summed E-state index contributed by atoms with van der Waals surface area (Å²) in [5.41, 5.74) is 1.51. The fourth-order valence-electron chi connectivity index (χ4n) is 5.25. The van der Waals surface area contributed by atoms with Crippen molar-refractivity contribution >= 4 is 29.1 Å². The molecule has 8 heteroatoms. The molecular weight excluding hydrogens is 416 g/mol. The van der Waals surface area contributed by atoms with Gasteiger partial charge < -0.3 is 15.5 Å². The minimum atomic E-state index is -0.271. The van der Waals surface area contributed by atoms with Gasteiger partial charge in [-0.25, -0.2) is 14.7 Å². The molecule has 3 amide bonds. The maximum absolute atomic E-state index is 13.4. The number of hydrogen-bond acceptors (Lipinski definition) is 5. The Balaban J connectivity index is 1.28. The summed E-state index contributed by atoms with van der Waals surface area (Å²) < 4.78 is 0. The van der Waals surface area contributed by atoms with Crippen molar-refractivity contribution in [3.63, 3.8) is 0 Å². The van der Waals surface area contributed by atoms with Gasteiger partial charge in [0.1, 0.15) is 0 Å². The zero-order valence-electron chi connectivity index (χ0n) is 19.0. The molecule has 4 heterocycles. The molecule has 3 aliphatic rings. The van der Waals surface area contributed by atoms with E-state index in [2.05, 4.69) is 25.4 Å². The molecule has 0 bridgehead atoms. The normalized spacial score (nSPS) is 21.2. The standard InChI is InChI=1S/C25H32N6O2/c32-24-20-9-1-2-11-22(20)31(23-21(28-24)10-7-12-26-23)25(33)27-13-17-30-16-4-3-8-19(30)18-29-14-5-6-15-29/h1-2,7,9-12,19H,3-6,8,13-18H2,(H,27,33)(H,28,32). The lowest BCUT2D eigenvalue weighted by atomic mass is 10.0. The van der Waals surface area contributed by atoms with Gasteiger partial charge in [-0.2, -0.15) is 0 Å². The predicted molar refractivity (Wildman–Crippen MR) is 129 cm³/mol. The van der Waals surface area contributed by atoms with Crippen LogP contribution in [0.4, 0.5) is 22.0 Å². The van der Waals surface area contributed by atoms with Crippen LogP contribution in [-0.2, 0) is 0 Å². The van der Waals surface area contributed by atoms with Gasteiger partial charge in [0.2, 0.25) is 0 Å². The van der Waals surface area contributed by atoms with Gasteiger partial charge in [0.05, 0.1) is 16.9 Å². The molecule has 174 valence electrons. The van der Waals surface area contributed by atoms with Crippen LogP contribution in [0.5, 0.6) is 0 Å². The maximum Gasteiger partial charge on any atom is 0.327 e. The number of fused-ring (bicyclic) bond motifs is 2. The van der Waals surface area contributed by atoms with E-state index in [0.29, 0.717) is 35.3 Å². The molecule has 0 radical (unpaired) electrons. The van der Waals surface area contributed by atoms with Crippen LogP contribution >= 0.6 is 0 Å². The summed E-state index contributed by atoms with van der Waals surface area (Å²) >= 11 is 0. The molecule has 1 unspecified atom stereocenters. The average Bonchev–Trinajstić information content (AvgIpc) is 3.30. The first-order valence-corrected chi connectivity index (χ1v) is 12.1. The van der Waals surface area contributed by atoms with Crippen molar-refractivity contribution in [3.8, 4) is 0 Å². The second-order valence-corrected chi connectivity index (χ2v) is 9.11. The number of benzene rings is 1. The Hall–Kier alpha value is -2.97. The molecule has 2 fully saturated rings. The molecule has 0 spiro atoms. The first-order chi connectivity index (χ1) is 16.2. The molecule has 1 aromatic carbocycles. The van der Waals surface area contributed by atoms with Gasteiger partial charge in [0, 0.05) is 31.9 Å². The Morgan fingerprint density at radius 1 is 1.06 bits per heavy atom. The summed E-state index contributed by atoms with van der Waals surface area (Å²) in [6.45, 7) is 6.04. The zero-order valence-corrected chi connectivity index (χ0v) is 19.0. The molecule has 2 saturated heterocycles. The van der Waals surface area contributed by atoms with Crippen LogP contribution in [0.15, 0.2) is 42.6 Å². The number of urea groups is 1. The molecule has 0 saturated carbocycles. The van der Waals surface area contributed by atoms with Crippen LogP contribution in [0, 0.1) is 0 Å². The molecule has 2 aromatic rings. The second kappa shape index (κ2) is 9.89. The highest BCUT2D eigenvalue weighted by molar-refractivity contribution is 6.16. The van der Waals surface area contributed by atoms with Crippen molar-refractivity contribution in [2.75, 3.05) is 49.5 Å². The monoisotopic (exact) mass is 448 g/mol. The van der Waals surface area contributed by atoms with Gasteiger partial charge in [-0.1, -0.05) is 18.6 Å². The Bertz CT molecular complexity index is 1010. The number of rotatable bonds is 5. The second-order valence-electron chi connectivity index (χ2n) is 9.11. The SMILES string of the molecule is O=C1Nc2cccnc2N(C(=O)NCCN2CCCCC2CN2CCCC2)c2ccccc21. The summed E-state index contributed by atoms with van der Waals surface area (Å²) in [4.78, 5) is 37.2. The van der Waals surface area contributed by atoms with Gasteiger partial charge in [0.15, 0.2) is 5.82 Å². The van der Waals surface area contributed by atoms with E-state index in [-0.39, 0.29) is 11.9 Å². The first-order valence-electron chi connectivity index (χ1n) is 12.1. The lowest BCUT2D eigenvalue weighted by Crippen LogP contribution is -2.49. The number of pyridine rings is 1. The van der Waals surface area contributed by atoms with Crippen LogP contribution in [-0.4, -0.2) is 72.0 Å². The number of hydrogen-bond donors (Lipinski definition) is 2. The van der Waals surface area contributed by atoms with E-state index in [0.717, 1.165) is 19.6 Å². The minimum Gasteiger partial charge on any atom is -0.336 e. The van der Waals surface area contributed by atoms with E-state index in [4.69, 9.17) is 0 Å². The zero-order chi connectivity index (χ0) is 22.6. The molecule has 8 nitrogen and oxygen atoms in total. The number of nitrogens with zero attached hydrogens (tertiary/aromatic N) is 4. The molecule has 2 N–H and O–H groups in total. The van der Waals surface area contributed by atoms with Crippen molar-refractivity contribution in [1.29, 1.82) is 0 Å². The number of carbonyl (C=O) groups excluding carboxylic acids is 2. The van der Waals surface area contributed by atoms with Crippen molar-refractivity contribution in [2.45, 2.75) is 38.1 Å². The summed E-state index contributed by atoms with van der Waals surface area (Å²) in [5.74, 6) is 0.186. The van der Waals surface area contributed by atoms with E-state index in [1.54, 1.807) is 36.5 Å². The Kier molecular flexibility index (Phi) is 6.55. The van der Waals surface area contributed by atoms with Crippen LogP contribution in [0.1, 0.15) is 42.5 Å². The quantitative estimate of drug-likeness (QED) is 0.732. The summed E-state index contributed by atoms with van der Waals surface area (Å²) in [5, 5.41) is 5.97. The van der Waals surface area contributed by atoms with E-state index >= 15 is 0 Å². The molecular formula is C25H32N6O2. The summed E-state index contributed by atoms with van der Waals surface area (Å²) in [7, 11) is 0. The number of nitrogens with one attached hydrogen (secondary N) is 2. The van der Waals surface area contributed by atoms with Crippen molar-refractivity contribution in [2.24, 2.45) is 0 Å². The number of aromatic nitrogens is 1. The Morgan fingerprint density at radius 2 is 1.88 bits per heavy atom. The van der Waals surface area contributed by atoms with Gasteiger partial charge >= 0.3 is 6.03 Å². The third-order valence-corrected chi connectivity index (χ3v) is 6.93. The van der Waals surface area contributed by atoms with E-state index < -0.39 is 0 Å². The van der Waals surface area contributed by atoms with Crippen LogP contribution in [0.3, 0.4) is 0 Å². The predicted octanol–water partition coefficient (Wildman–Crippen LogP) is 3.45. The summed E-state index contributed by atoms with van der Waals surface area (Å²) in [6.07, 6.45) is 8.00. The van der Waals surface area contributed by atoms with E-state index in [9.17, 15) is 9.59 Å². The Labute approximate surface area is 195 Å². The fourth-order valence-corrected chi connectivity index (χ4v) is 5.25. The lowest BCUT2D eigenvalue weighted by Gasteiger charge is -2.38. The van der Waals surface area contributed by atoms with E-state index in [1.165, 1.54) is 50.1 Å². The molecule has 1 aromatic heterocycles. The van der Waals surface area contributed by atoms with Crippen molar-refractivity contribution in [1.82, 2.24) is 20.1 Å². The first kappa shape index (κ1) is 21.9. The summed E-state index contributed by atoms with van der Waals surface area (Å²) in [6, 6.07) is 11.0. The number of para-hydroxylation sites is 1. The van der Waals surface area contributed by atoms with Gasteiger partial charge in [-0.3, -0.25) is 9.69 Å². The highest BCUT2D eigenvalue weighted by Gasteiger charge is 2.31. The molecule has 5 rings (SSSR count). The van der Waals surface area contributed by atoms with Crippen LogP contribution < -0.4 is 15.5 Å². The maximum atomic E-state index is 13.4. The highest BCUT2D eigenvalue weighted by Crippen LogP contribution is 2.36. The Morgan fingerprint density at radius 3 is 2.76 bits per heavy atom. The van der Waals surface area contributed by atoms with Crippen LogP contribution in [0.2, 0.25) is 0 Å². The lowest BCUT2D eigenvalue weighted by molar-refractivity contribution is 0.102. The topological polar surface area (TPSA) is 80.8 Å². The largest absolute Gasteiger partial charge is 0.336 e. The molecule has 0 aliphatic carbocycles. The number of carbonyl (C=O) groups is 2. The number of amides is 3.